The van der Waals surface area contributed by atoms with Crippen LogP contribution in [-0.2, 0) is 18.4 Å². The van der Waals surface area contributed by atoms with Gasteiger partial charge in [0.25, 0.3) is 0 Å². The van der Waals surface area contributed by atoms with Gasteiger partial charge in [0, 0.05) is 31.2 Å². The van der Waals surface area contributed by atoms with Crippen molar-refractivity contribution in [2.45, 2.75) is 11.7 Å². The Balaban J connectivity index is 1.66. The van der Waals surface area contributed by atoms with E-state index in [-0.39, 0.29) is 18.2 Å². The molecule has 0 N–H and O–H groups in total. The van der Waals surface area contributed by atoms with Gasteiger partial charge >= 0.3 is 0 Å². The molecule has 3 aromatic rings. The van der Waals surface area contributed by atoms with Gasteiger partial charge in [0.1, 0.15) is 5.82 Å². The van der Waals surface area contributed by atoms with Crippen LogP contribution in [0.3, 0.4) is 0 Å². The lowest BCUT2D eigenvalue weighted by Gasteiger charge is -2.18. The van der Waals surface area contributed by atoms with Crippen LogP contribution in [0.4, 0.5) is 4.39 Å². The zero-order valence-corrected chi connectivity index (χ0v) is 15.4. The van der Waals surface area contributed by atoms with E-state index in [1.807, 2.05) is 35.9 Å². The molecule has 2 aromatic carbocycles. The molecule has 130 valence electrons. The Kier molecular flexibility index (Phi) is 5.30. The third kappa shape index (κ3) is 3.80. The second-order valence-corrected chi connectivity index (χ2v) is 7.03. The molecule has 0 aliphatic heterocycles. The Morgan fingerprint density at radius 1 is 1.28 bits per heavy atom. The highest BCUT2D eigenvalue weighted by Gasteiger charge is 2.16. The van der Waals surface area contributed by atoms with E-state index in [9.17, 15) is 9.18 Å². The number of nitrogens with zero attached hydrogens (tertiary/aromatic N) is 3. The summed E-state index contributed by atoms with van der Waals surface area (Å²) in [5.41, 5.74) is 2.24. The van der Waals surface area contributed by atoms with Gasteiger partial charge in [-0.3, -0.25) is 4.79 Å². The number of fused-ring (bicyclic) bond motifs is 1. The number of imidazole rings is 1. The fourth-order valence-electron chi connectivity index (χ4n) is 2.50. The summed E-state index contributed by atoms with van der Waals surface area (Å²) in [4.78, 5) is 18.4. The molecule has 7 heteroatoms. The SMILES string of the molecule is CN(Cc1c(F)cccc1Cl)C(=O)CSc1nc2ccccc2n1C. The topological polar surface area (TPSA) is 38.1 Å². The molecule has 4 nitrogen and oxygen atoms in total. The molecular weight excluding hydrogens is 361 g/mol. The number of thioether (sulfide) groups is 1. The van der Waals surface area contributed by atoms with Crippen LogP contribution in [0.25, 0.3) is 11.0 Å². The lowest BCUT2D eigenvalue weighted by atomic mass is 10.2. The number of carbonyl (C=O) groups is 1. The van der Waals surface area contributed by atoms with Crippen molar-refractivity contribution in [2.75, 3.05) is 12.8 Å². The molecule has 0 spiro atoms. The van der Waals surface area contributed by atoms with E-state index in [4.69, 9.17) is 11.6 Å². The van der Waals surface area contributed by atoms with Crippen LogP contribution in [-0.4, -0.2) is 33.2 Å². The summed E-state index contributed by atoms with van der Waals surface area (Å²) in [6.07, 6.45) is 0. The minimum atomic E-state index is -0.407. The van der Waals surface area contributed by atoms with Crippen LogP contribution in [0.5, 0.6) is 0 Å². The molecule has 0 radical (unpaired) electrons. The first-order valence-corrected chi connectivity index (χ1v) is 9.05. The fraction of sp³-hybridized carbons (Fsp3) is 0.222. The summed E-state index contributed by atoms with van der Waals surface area (Å²) in [5.74, 6) is -0.300. The fourth-order valence-corrected chi connectivity index (χ4v) is 3.65. The van der Waals surface area contributed by atoms with Crippen molar-refractivity contribution < 1.29 is 9.18 Å². The number of rotatable bonds is 5. The molecule has 3 rings (SSSR count). The van der Waals surface area contributed by atoms with Crippen LogP contribution in [0.1, 0.15) is 5.56 Å². The number of aromatic nitrogens is 2. The Hall–Kier alpha value is -2.05. The molecule has 0 aliphatic carbocycles. The highest BCUT2D eigenvalue weighted by atomic mass is 35.5. The van der Waals surface area contributed by atoms with E-state index >= 15 is 0 Å². The van der Waals surface area contributed by atoms with Gasteiger partial charge in [-0.2, -0.15) is 0 Å². The molecule has 1 amide bonds. The average molecular weight is 378 g/mol. The number of hydrogen-bond donors (Lipinski definition) is 0. The van der Waals surface area contributed by atoms with Crippen LogP contribution in [0, 0.1) is 5.82 Å². The first kappa shape index (κ1) is 17.8. The second kappa shape index (κ2) is 7.45. The van der Waals surface area contributed by atoms with Gasteiger partial charge in [0.05, 0.1) is 16.8 Å². The molecule has 25 heavy (non-hydrogen) atoms. The average Bonchev–Trinajstić information content (AvgIpc) is 2.92. The second-order valence-electron chi connectivity index (χ2n) is 5.68. The van der Waals surface area contributed by atoms with Crippen LogP contribution < -0.4 is 0 Å². The molecule has 0 unspecified atom stereocenters. The van der Waals surface area contributed by atoms with Crippen LogP contribution >= 0.6 is 23.4 Å². The largest absolute Gasteiger partial charge is 0.341 e. The minimum absolute atomic E-state index is 0.114. The van der Waals surface area contributed by atoms with Gasteiger partial charge in [-0.15, -0.1) is 0 Å². The smallest absolute Gasteiger partial charge is 0.233 e. The number of carbonyl (C=O) groups excluding carboxylic acids is 1. The maximum Gasteiger partial charge on any atom is 0.233 e. The van der Waals surface area contributed by atoms with Crippen LogP contribution in [0.2, 0.25) is 5.02 Å². The Bertz CT molecular complexity index is 908. The summed E-state index contributed by atoms with van der Waals surface area (Å²) < 4.78 is 15.8. The van der Waals surface area contributed by atoms with Crippen molar-refractivity contribution >= 4 is 40.3 Å². The van der Waals surface area contributed by atoms with Crippen molar-refractivity contribution in [3.63, 3.8) is 0 Å². The monoisotopic (exact) mass is 377 g/mol. The Morgan fingerprint density at radius 2 is 2.04 bits per heavy atom. The summed E-state index contributed by atoms with van der Waals surface area (Å²) in [6, 6.07) is 12.3. The van der Waals surface area contributed by atoms with Crippen LogP contribution in [0.15, 0.2) is 47.6 Å². The highest BCUT2D eigenvalue weighted by molar-refractivity contribution is 7.99. The molecule has 0 saturated heterocycles. The Morgan fingerprint density at radius 3 is 2.76 bits per heavy atom. The number of halogens is 2. The lowest BCUT2D eigenvalue weighted by Crippen LogP contribution is -2.28. The summed E-state index contributed by atoms with van der Waals surface area (Å²) in [7, 11) is 3.56. The minimum Gasteiger partial charge on any atom is -0.341 e. The molecular formula is C18H17ClFN3OS. The number of amides is 1. The van der Waals surface area contributed by atoms with E-state index in [1.165, 1.54) is 22.7 Å². The normalized spacial score (nSPS) is 11.0. The van der Waals surface area contributed by atoms with Gasteiger partial charge in [0.15, 0.2) is 5.16 Å². The number of hydrogen-bond acceptors (Lipinski definition) is 3. The molecule has 0 bridgehead atoms. The predicted octanol–water partition coefficient (Wildman–Crippen LogP) is 4.12. The van der Waals surface area contributed by atoms with E-state index in [2.05, 4.69) is 4.98 Å². The third-order valence-corrected chi connectivity index (χ3v) is 5.32. The number of para-hydroxylation sites is 2. The van der Waals surface area contributed by atoms with Crippen molar-refractivity contribution in [3.8, 4) is 0 Å². The highest BCUT2D eigenvalue weighted by Crippen LogP contribution is 2.24. The first-order chi connectivity index (χ1) is 12.0. The molecule has 0 atom stereocenters. The third-order valence-electron chi connectivity index (χ3n) is 3.95. The van der Waals surface area contributed by atoms with Gasteiger partial charge in [-0.1, -0.05) is 41.6 Å². The summed E-state index contributed by atoms with van der Waals surface area (Å²) in [5, 5.41) is 1.09. The van der Waals surface area contributed by atoms with Crippen molar-refractivity contribution in [2.24, 2.45) is 7.05 Å². The van der Waals surface area contributed by atoms with Crippen molar-refractivity contribution in [1.82, 2.24) is 14.5 Å². The van der Waals surface area contributed by atoms with Gasteiger partial charge < -0.3 is 9.47 Å². The zero-order valence-electron chi connectivity index (χ0n) is 13.9. The maximum absolute atomic E-state index is 13.9. The first-order valence-electron chi connectivity index (χ1n) is 7.68. The van der Waals surface area contributed by atoms with E-state index in [0.29, 0.717) is 10.6 Å². The lowest BCUT2D eigenvalue weighted by molar-refractivity contribution is -0.127. The molecule has 1 heterocycles. The van der Waals surface area contributed by atoms with Gasteiger partial charge in [-0.05, 0) is 24.3 Å². The van der Waals surface area contributed by atoms with E-state index in [0.717, 1.165) is 16.2 Å². The van der Waals surface area contributed by atoms with Crippen molar-refractivity contribution in [3.05, 3.63) is 58.9 Å². The maximum atomic E-state index is 13.9. The van der Waals surface area contributed by atoms with E-state index < -0.39 is 5.82 Å². The number of aryl methyl sites for hydroxylation is 1. The molecule has 1 aromatic heterocycles. The molecule has 0 saturated carbocycles. The number of benzene rings is 2. The standard InChI is InChI=1S/C18H17ClFN3OS/c1-22(10-12-13(19)6-5-7-14(12)20)17(24)11-25-18-21-15-8-3-4-9-16(15)23(18)2/h3-9H,10-11H2,1-2H3. The van der Waals surface area contributed by atoms with Gasteiger partial charge in [-0.25, -0.2) is 9.37 Å². The van der Waals surface area contributed by atoms with Gasteiger partial charge in [0.2, 0.25) is 5.91 Å². The van der Waals surface area contributed by atoms with E-state index in [1.54, 1.807) is 19.2 Å². The quantitative estimate of drug-likeness (QED) is 0.628. The summed E-state index contributed by atoms with van der Waals surface area (Å²) in [6.45, 7) is 0.132. The molecule has 0 fully saturated rings. The summed E-state index contributed by atoms with van der Waals surface area (Å²) >= 11 is 7.38. The van der Waals surface area contributed by atoms with Crippen molar-refractivity contribution in [1.29, 1.82) is 0 Å². The molecule has 0 aliphatic rings. The Labute approximate surface area is 154 Å². The predicted molar refractivity (Wildman–Crippen MR) is 99.3 cm³/mol. The zero-order chi connectivity index (χ0) is 18.0.